The van der Waals surface area contributed by atoms with Crippen LogP contribution in [-0.4, -0.2) is 15.6 Å². The third kappa shape index (κ3) is 4.91. The van der Waals surface area contributed by atoms with Crippen molar-refractivity contribution in [3.05, 3.63) is 23.8 Å². The van der Waals surface area contributed by atoms with Crippen LogP contribution in [0.4, 0.5) is 5.69 Å². The van der Waals surface area contributed by atoms with Crippen molar-refractivity contribution in [3.8, 4) is 5.88 Å². The first-order valence-corrected chi connectivity index (χ1v) is 9.34. The summed E-state index contributed by atoms with van der Waals surface area (Å²) in [7, 11) is 0. The Bertz CT molecular complexity index is 747. The van der Waals surface area contributed by atoms with Gasteiger partial charge in [0.25, 0.3) is 5.91 Å². The van der Waals surface area contributed by atoms with Crippen LogP contribution in [0.2, 0.25) is 0 Å². The molecule has 0 saturated heterocycles. The Hall–Kier alpha value is -2.17. The van der Waals surface area contributed by atoms with Crippen molar-refractivity contribution in [2.45, 2.75) is 72.3 Å². The SMILES string of the molecule is CCCCCCCC(=O)N=Nc1c(O)n(CCC)c2ccc(C)cc12. The maximum absolute atomic E-state index is 11.9. The third-order valence-electron chi connectivity index (χ3n) is 4.37. The van der Waals surface area contributed by atoms with Gasteiger partial charge < -0.3 is 9.67 Å². The summed E-state index contributed by atoms with van der Waals surface area (Å²) in [6, 6.07) is 5.97. The molecule has 1 heterocycles. The van der Waals surface area contributed by atoms with Crippen LogP contribution in [0.25, 0.3) is 10.9 Å². The Labute approximate surface area is 149 Å². The van der Waals surface area contributed by atoms with E-state index >= 15 is 0 Å². The summed E-state index contributed by atoms with van der Waals surface area (Å²) in [6.45, 7) is 6.92. The van der Waals surface area contributed by atoms with E-state index in [1.54, 1.807) is 0 Å². The fourth-order valence-electron chi connectivity index (χ4n) is 3.02. The van der Waals surface area contributed by atoms with Crippen LogP contribution in [0.1, 0.15) is 64.4 Å². The summed E-state index contributed by atoms with van der Waals surface area (Å²) in [5, 5.41) is 19.3. The first kappa shape index (κ1) is 19.2. The second-order valence-electron chi connectivity index (χ2n) is 6.60. The van der Waals surface area contributed by atoms with Crippen molar-refractivity contribution in [2.24, 2.45) is 10.2 Å². The third-order valence-corrected chi connectivity index (χ3v) is 4.37. The number of hydrogen-bond donors (Lipinski definition) is 1. The minimum Gasteiger partial charge on any atom is -0.493 e. The Kier molecular flexibility index (Phi) is 7.16. The number of amides is 1. The lowest BCUT2D eigenvalue weighted by Gasteiger charge is -2.04. The number of azo groups is 1. The molecule has 136 valence electrons. The number of fused-ring (bicyclic) bond motifs is 1. The van der Waals surface area contributed by atoms with Crippen LogP contribution < -0.4 is 0 Å². The summed E-state index contributed by atoms with van der Waals surface area (Å²) in [4.78, 5) is 11.9. The quantitative estimate of drug-likeness (QED) is 0.446. The molecule has 0 aliphatic rings. The highest BCUT2D eigenvalue weighted by atomic mass is 16.3. The summed E-state index contributed by atoms with van der Waals surface area (Å²) in [5.74, 6) is -0.137. The number of carbonyl (C=O) groups is 1. The number of carbonyl (C=O) groups excluding carboxylic acids is 1. The van der Waals surface area contributed by atoms with Gasteiger partial charge in [-0.05, 0) is 31.9 Å². The molecule has 0 unspecified atom stereocenters. The van der Waals surface area contributed by atoms with Crippen molar-refractivity contribution < 1.29 is 9.90 Å². The Morgan fingerprint density at radius 2 is 1.88 bits per heavy atom. The maximum Gasteiger partial charge on any atom is 0.264 e. The lowest BCUT2D eigenvalue weighted by atomic mass is 10.1. The fraction of sp³-hybridized carbons (Fsp3) is 0.550. The van der Waals surface area contributed by atoms with Gasteiger partial charge in [0.1, 0.15) is 0 Å². The summed E-state index contributed by atoms with van der Waals surface area (Å²) in [6.07, 6.45) is 6.77. The van der Waals surface area contributed by atoms with Gasteiger partial charge in [0, 0.05) is 18.4 Å². The van der Waals surface area contributed by atoms with E-state index in [0.29, 0.717) is 18.7 Å². The molecule has 0 fully saturated rings. The van der Waals surface area contributed by atoms with Gasteiger partial charge in [0.15, 0.2) is 5.69 Å². The van der Waals surface area contributed by atoms with E-state index in [0.717, 1.165) is 42.1 Å². The summed E-state index contributed by atoms with van der Waals surface area (Å²) in [5.41, 5.74) is 2.40. The predicted octanol–water partition coefficient (Wildman–Crippen LogP) is 6.04. The molecule has 0 saturated carbocycles. The minimum atomic E-state index is -0.222. The van der Waals surface area contributed by atoms with E-state index in [9.17, 15) is 9.90 Å². The van der Waals surface area contributed by atoms with Gasteiger partial charge in [0.2, 0.25) is 5.88 Å². The number of benzene rings is 1. The number of unbranched alkanes of at least 4 members (excludes halogenated alkanes) is 4. The zero-order valence-electron chi connectivity index (χ0n) is 15.6. The second-order valence-corrected chi connectivity index (χ2v) is 6.60. The van der Waals surface area contributed by atoms with Crippen LogP contribution in [0.5, 0.6) is 5.88 Å². The van der Waals surface area contributed by atoms with Gasteiger partial charge in [-0.25, -0.2) is 0 Å². The number of rotatable bonds is 9. The molecule has 0 bridgehead atoms. The lowest BCUT2D eigenvalue weighted by Crippen LogP contribution is -1.95. The maximum atomic E-state index is 11.9. The molecule has 0 aliphatic carbocycles. The average molecular weight is 343 g/mol. The first-order chi connectivity index (χ1) is 12.1. The molecule has 0 spiro atoms. The van der Waals surface area contributed by atoms with Gasteiger partial charge >= 0.3 is 0 Å². The smallest absolute Gasteiger partial charge is 0.264 e. The molecular formula is C20H29N3O2. The predicted molar refractivity (Wildman–Crippen MR) is 102 cm³/mol. The van der Waals surface area contributed by atoms with Crippen LogP contribution in [0.3, 0.4) is 0 Å². The van der Waals surface area contributed by atoms with Crippen molar-refractivity contribution in [1.29, 1.82) is 0 Å². The molecule has 2 aromatic rings. The van der Waals surface area contributed by atoms with E-state index < -0.39 is 0 Å². The number of aromatic hydroxyl groups is 1. The zero-order chi connectivity index (χ0) is 18.2. The minimum absolute atomic E-state index is 0.0851. The summed E-state index contributed by atoms with van der Waals surface area (Å²) < 4.78 is 1.83. The molecule has 1 aromatic carbocycles. The summed E-state index contributed by atoms with van der Waals surface area (Å²) >= 11 is 0. The largest absolute Gasteiger partial charge is 0.493 e. The molecule has 5 nitrogen and oxygen atoms in total. The highest BCUT2D eigenvalue weighted by Gasteiger charge is 2.16. The molecule has 0 atom stereocenters. The Morgan fingerprint density at radius 1 is 1.12 bits per heavy atom. The van der Waals surface area contributed by atoms with E-state index in [1.807, 2.05) is 29.7 Å². The van der Waals surface area contributed by atoms with Gasteiger partial charge in [-0.1, -0.05) is 51.2 Å². The Morgan fingerprint density at radius 3 is 2.60 bits per heavy atom. The molecule has 0 aliphatic heterocycles. The van der Waals surface area contributed by atoms with E-state index in [-0.39, 0.29) is 11.8 Å². The molecule has 1 N–H and O–H groups in total. The van der Waals surface area contributed by atoms with Crippen molar-refractivity contribution >= 4 is 22.5 Å². The highest BCUT2D eigenvalue weighted by Crippen LogP contribution is 2.39. The molecule has 1 aromatic heterocycles. The van der Waals surface area contributed by atoms with Crippen LogP contribution in [0, 0.1) is 6.92 Å². The second kappa shape index (κ2) is 9.35. The molecule has 1 amide bonds. The topological polar surface area (TPSA) is 66.9 Å². The van der Waals surface area contributed by atoms with E-state index in [4.69, 9.17) is 0 Å². The molecule has 25 heavy (non-hydrogen) atoms. The number of nitrogens with zero attached hydrogens (tertiary/aromatic N) is 3. The van der Waals surface area contributed by atoms with Gasteiger partial charge in [-0.2, -0.15) is 0 Å². The standard InChI is InChI=1S/C20H29N3O2/c1-4-6-7-8-9-10-18(24)21-22-19-16-14-15(3)11-12-17(16)23(13-5-2)20(19)25/h11-12,14,25H,4-10,13H2,1-3H3. The molecule has 5 heteroatoms. The average Bonchev–Trinajstić information content (AvgIpc) is 2.84. The number of aromatic nitrogens is 1. The fourth-order valence-corrected chi connectivity index (χ4v) is 3.02. The molecule has 0 radical (unpaired) electrons. The van der Waals surface area contributed by atoms with E-state index in [1.165, 1.54) is 12.8 Å². The van der Waals surface area contributed by atoms with Gasteiger partial charge in [-0.3, -0.25) is 4.79 Å². The highest BCUT2D eigenvalue weighted by molar-refractivity contribution is 5.95. The normalized spacial score (nSPS) is 11.6. The van der Waals surface area contributed by atoms with Gasteiger partial charge in [0.05, 0.1) is 5.52 Å². The lowest BCUT2D eigenvalue weighted by molar-refractivity contribution is -0.118. The van der Waals surface area contributed by atoms with Crippen molar-refractivity contribution in [3.63, 3.8) is 0 Å². The first-order valence-electron chi connectivity index (χ1n) is 9.34. The molecule has 2 rings (SSSR count). The van der Waals surface area contributed by atoms with Gasteiger partial charge in [-0.15, -0.1) is 10.2 Å². The number of aryl methyl sites for hydroxylation is 2. The Balaban J connectivity index is 2.15. The monoisotopic (exact) mass is 343 g/mol. The number of hydrogen-bond acceptors (Lipinski definition) is 3. The van der Waals surface area contributed by atoms with Crippen molar-refractivity contribution in [1.82, 2.24) is 4.57 Å². The van der Waals surface area contributed by atoms with Crippen molar-refractivity contribution in [2.75, 3.05) is 0 Å². The molecular weight excluding hydrogens is 314 g/mol. The van der Waals surface area contributed by atoms with Crippen LogP contribution in [0.15, 0.2) is 28.4 Å². The van der Waals surface area contributed by atoms with Crippen LogP contribution >= 0.6 is 0 Å². The van der Waals surface area contributed by atoms with Crippen LogP contribution in [-0.2, 0) is 11.3 Å². The zero-order valence-corrected chi connectivity index (χ0v) is 15.6. The van der Waals surface area contributed by atoms with E-state index in [2.05, 4.69) is 24.1 Å².